The summed E-state index contributed by atoms with van der Waals surface area (Å²) in [4.78, 5) is 37.9. The molecule has 0 amide bonds. The van der Waals surface area contributed by atoms with Crippen molar-refractivity contribution in [1.82, 2.24) is 4.57 Å². The van der Waals surface area contributed by atoms with Crippen LogP contribution in [-0.4, -0.2) is 28.7 Å². The molecule has 0 saturated heterocycles. The highest BCUT2D eigenvalue weighted by Gasteiger charge is 2.42. The third-order valence-corrected chi connectivity index (χ3v) is 7.80. The van der Waals surface area contributed by atoms with Crippen LogP contribution < -0.4 is 0 Å². The first-order chi connectivity index (χ1) is 15.4. The van der Waals surface area contributed by atoms with Crippen molar-refractivity contribution < 1.29 is 19.1 Å². The van der Waals surface area contributed by atoms with Crippen molar-refractivity contribution >= 4 is 17.5 Å². The Morgan fingerprint density at radius 1 is 1.00 bits per heavy atom. The number of Topliss-reactive ketones (excluding diaryl/α,β-unsaturated/α-hetero) is 2. The predicted octanol–water partition coefficient (Wildman–Crippen LogP) is 4.70. The Balaban J connectivity index is 1.27. The van der Waals surface area contributed by atoms with Crippen LogP contribution in [0.2, 0.25) is 0 Å². The van der Waals surface area contributed by atoms with E-state index in [0.29, 0.717) is 24.2 Å². The van der Waals surface area contributed by atoms with E-state index in [2.05, 4.69) is 22.8 Å². The molecule has 0 N–H and O–H groups in total. The standard InChI is InChI=1S/C27H31NO4/c1-16-11-24(17(2)28(16)23-10-9-18-5-3-6-19(18)14-23)25(29)15-32-27(31)22-12-20-7-4-8-21(13-22)26(20)30/h9-11,14,20-22H,3-8,12-13,15H2,1-2H3. The summed E-state index contributed by atoms with van der Waals surface area (Å²) < 4.78 is 7.57. The van der Waals surface area contributed by atoms with Crippen LogP contribution in [0.15, 0.2) is 24.3 Å². The number of rotatable bonds is 5. The van der Waals surface area contributed by atoms with Gasteiger partial charge in [0.2, 0.25) is 5.78 Å². The molecular weight excluding hydrogens is 402 g/mol. The maximum Gasteiger partial charge on any atom is 0.309 e. The molecule has 0 spiro atoms. The number of esters is 1. The molecule has 1 aromatic heterocycles. The maximum atomic E-state index is 12.9. The molecule has 0 aliphatic heterocycles. The van der Waals surface area contributed by atoms with Crippen LogP contribution >= 0.6 is 0 Å². The fourth-order valence-electron chi connectivity index (χ4n) is 6.14. The third-order valence-electron chi connectivity index (χ3n) is 7.80. The molecule has 2 fully saturated rings. The number of hydrogen-bond donors (Lipinski definition) is 0. The normalized spacial score (nSPS) is 24.3. The van der Waals surface area contributed by atoms with Gasteiger partial charge in [0.25, 0.3) is 0 Å². The molecule has 5 rings (SSSR count). The van der Waals surface area contributed by atoms with Gasteiger partial charge in [0.15, 0.2) is 6.61 Å². The number of carbonyl (C=O) groups excluding carboxylic acids is 3. The lowest BCUT2D eigenvalue weighted by Crippen LogP contribution is -2.39. The van der Waals surface area contributed by atoms with Crippen molar-refractivity contribution in [1.29, 1.82) is 0 Å². The minimum Gasteiger partial charge on any atom is -0.457 e. The van der Waals surface area contributed by atoms with Gasteiger partial charge in [-0.15, -0.1) is 0 Å². The number of aryl methyl sites for hydroxylation is 3. The van der Waals surface area contributed by atoms with Crippen LogP contribution in [0.25, 0.3) is 5.69 Å². The van der Waals surface area contributed by atoms with Crippen molar-refractivity contribution in [3.63, 3.8) is 0 Å². The zero-order valence-electron chi connectivity index (χ0n) is 19.0. The molecule has 168 valence electrons. The fourth-order valence-corrected chi connectivity index (χ4v) is 6.14. The van der Waals surface area contributed by atoms with E-state index in [1.54, 1.807) is 0 Å². The van der Waals surface area contributed by atoms with Crippen molar-refractivity contribution in [3.05, 3.63) is 52.3 Å². The number of fused-ring (bicyclic) bond motifs is 3. The molecule has 5 nitrogen and oxygen atoms in total. The van der Waals surface area contributed by atoms with Crippen LogP contribution in [0.3, 0.4) is 0 Å². The minimum absolute atomic E-state index is 0.00185. The van der Waals surface area contributed by atoms with Gasteiger partial charge < -0.3 is 9.30 Å². The molecule has 1 aromatic carbocycles. The van der Waals surface area contributed by atoms with E-state index in [1.807, 2.05) is 19.9 Å². The molecule has 2 unspecified atom stereocenters. The quantitative estimate of drug-likeness (QED) is 0.506. The van der Waals surface area contributed by atoms with Crippen molar-refractivity contribution in [2.45, 2.75) is 65.2 Å². The van der Waals surface area contributed by atoms with Crippen molar-refractivity contribution in [2.24, 2.45) is 17.8 Å². The predicted molar refractivity (Wildman–Crippen MR) is 121 cm³/mol. The third kappa shape index (κ3) is 3.72. The van der Waals surface area contributed by atoms with E-state index in [4.69, 9.17) is 4.74 Å². The molecule has 1 heterocycles. The van der Waals surface area contributed by atoms with Gasteiger partial charge in [-0.2, -0.15) is 0 Å². The van der Waals surface area contributed by atoms with E-state index in [-0.39, 0.29) is 36.1 Å². The van der Waals surface area contributed by atoms with Gasteiger partial charge in [-0.1, -0.05) is 12.5 Å². The number of nitrogens with zero attached hydrogens (tertiary/aromatic N) is 1. The first-order valence-corrected chi connectivity index (χ1v) is 12.0. The van der Waals surface area contributed by atoms with Crippen LogP contribution in [0, 0.1) is 31.6 Å². The smallest absolute Gasteiger partial charge is 0.309 e. The van der Waals surface area contributed by atoms with E-state index >= 15 is 0 Å². The summed E-state index contributed by atoms with van der Waals surface area (Å²) in [5.74, 6) is -0.421. The largest absolute Gasteiger partial charge is 0.457 e. The summed E-state index contributed by atoms with van der Waals surface area (Å²) in [7, 11) is 0. The second-order valence-corrected chi connectivity index (χ2v) is 9.85. The Hall–Kier alpha value is -2.69. The van der Waals surface area contributed by atoms with Gasteiger partial charge in [0.05, 0.1) is 5.92 Å². The van der Waals surface area contributed by atoms with Gasteiger partial charge in [0.1, 0.15) is 5.78 Å². The second kappa shape index (κ2) is 8.34. The molecular formula is C27H31NO4. The lowest BCUT2D eigenvalue weighted by Gasteiger charge is -2.36. The van der Waals surface area contributed by atoms with E-state index < -0.39 is 0 Å². The average Bonchev–Trinajstić information content (AvgIpc) is 3.34. The summed E-state index contributed by atoms with van der Waals surface area (Å²) in [5.41, 5.74) is 6.37. The second-order valence-electron chi connectivity index (χ2n) is 9.85. The summed E-state index contributed by atoms with van der Waals surface area (Å²) in [6.07, 6.45) is 7.45. The Morgan fingerprint density at radius 2 is 1.72 bits per heavy atom. The Labute approximate surface area is 189 Å². The SMILES string of the molecule is Cc1cc(C(=O)COC(=O)C2CC3CCCC(C2)C3=O)c(C)n1-c1ccc2c(c1)CCC2. The number of ketones is 2. The number of carbonyl (C=O) groups is 3. The van der Waals surface area contributed by atoms with Crippen LogP contribution in [0.1, 0.15) is 71.4 Å². The van der Waals surface area contributed by atoms with Gasteiger partial charge >= 0.3 is 5.97 Å². The van der Waals surface area contributed by atoms with Crippen molar-refractivity contribution in [2.75, 3.05) is 6.61 Å². The molecule has 2 atom stereocenters. The average molecular weight is 434 g/mol. The van der Waals surface area contributed by atoms with Gasteiger partial charge in [0, 0.05) is 34.5 Å². The zero-order chi connectivity index (χ0) is 22.4. The number of benzene rings is 1. The van der Waals surface area contributed by atoms with Gasteiger partial charge in [-0.3, -0.25) is 14.4 Å². The lowest BCUT2D eigenvalue weighted by molar-refractivity contribution is -0.152. The minimum atomic E-state index is -0.324. The van der Waals surface area contributed by atoms with Crippen LogP contribution in [-0.2, 0) is 27.2 Å². The van der Waals surface area contributed by atoms with E-state index in [0.717, 1.165) is 49.2 Å². The lowest BCUT2D eigenvalue weighted by atomic mass is 9.67. The Morgan fingerprint density at radius 3 is 2.47 bits per heavy atom. The zero-order valence-corrected chi connectivity index (χ0v) is 19.0. The van der Waals surface area contributed by atoms with E-state index in [1.165, 1.54) is 17.5 Å². The highest BCUT2D eigenvalue weighted by atomic mass is 16.5. The monoisotopic (exact) mass is 433 g/mol. The summed E-state index contributed by atoms with van der Waals surface area (Å²) in [5, 5.41) is 0. The maximum absolute atomic E-state index is 12.9. The number of aromatic nitrogens is 1. The number of ether oxygens (including phenoxy) is 1. The molecule has 3 aliphatic rings. The highest BCUT2D eigenvalue weighted by Crippen LogP contribution is 2.40. The van der Waals surface area contributed by atoms with Gasteiger partial charge in [-0.25, -0.2) is 0 Å². The molecule has 3 aliphatic carbocycles. The molecule has 5 heteroatoms. The Kier molecular flexibility index (Phi) is 5.52. The number of hydrogen-bond acceptors (Lipinski definition) is 4. The van der Waals surface area contributed by atoms with Crippen LogP contribution in [0.5, 0.6) is 0 Å². The first-order valence-electron chi connectivity index (χ1n) is 12.0. The van der Waals surface area contributed by atoms with Crippen LogP contribution in [0.4, 0.5) is 0 Å². The van der Waals surface area contributed by atoms with Gasteiger partial charge in [-0.05, 0) is 88.1 Å². The molecule has 2 saturated carbocycles. The fraction of sp³-hybridized carbons (Fsp3) is 0.519. The molecule has 0 radical (unpaired) electrons. The summed E-state index contributed by atoms with van der Waals surface area (Å²) in [6, 6.07) is 8.45. The first kappa shape index (κ1) is 21.2. The van der Waals surface area contributed by atoms with Crippen molar-refractivity contribution in [3.8, 4) is 5.69 Å². The molecule has 2 bridgehead atoms. The highest BCUT2D eigenvalue weighted by molar-refractivity contribution is 5.99. The van der Waals surface area contributed by atoms with E-state index in [9.17, 15) is 14.4 Å². The summed E-state index contributed by atoms with van der Waals surface area (Å²) in [6.45, 7) is 3.71. The topological polar surface area (TPSA) is 65.4 Å². The Bertz CT molecular complexity index is 1080. The molecule has 2 aromatic rings. The summed E-state index contributed by atoms with van der Waals surface area (Å²) >= 11 is 0. The molecule has 32 heavy (non-hydrogen) atoms.